The maximum absolute atomic E-state index is 5.39. The van der Waals surface area contributed by atoms with E-state index in [1.54, 1.807) is 7.11 Å². The van der Waals surface area contributed by atoms with Gasteiger partial charge in [-0.2, -0.15) is 0 Å². The molecular weight excluding hydrogens is 220 g/mol. The van der Waals surface area contributed by atoms with Crippen LogP contribution in [0.2, 0.25) is 0 Å². The van der Waals surface area contributed by atoms with E-state index in [0.717, 1.165) is 16.9 Å². The van der Waals surface area contributed by atoms with Crippen LogP contribution in [0, 0.1) is 6.92 Å². The number of benzene rings is 2. The second-order valence-electron chi connectivity index (χ2n) is 4.46. The number of hydrogen-bond donors (Lipinski definition) is 0. The zero-order valence-corrected chi connectivity index (χ0v) is 11.2. The Morgan fingerprint density at radius 1 is 1.00 bits per heavy atom. The van der Waals surface area contributed by atoms with E-state index in [4.69, 9.17) is 4.74 Å². The number of allylic oxidation sites excluding steroid dienone is 1. The van der Waals surface area contributed by atoms with Gasteiger partial charge in [0.2, 0.25) is 0 Å². The molecule has 0 unspecified atom stereocenters. The second kappa shape index (κ2) is 5.09. The van der Waals surface area contributed by atoms with E-state index in [1.807, 2.05) is 25.1 Å². The topological polar surface area (TPSA) is 9.23 Å². The fourth-order valence-corrected chi connectivity index (χ4v) is 2.22. The Morgan fingerprint density at radius 3 is 2.33 bits per heavy atom. The van der Waals surface area contributed by atoms with Crippen LogP contribution in [0.25, 0.3) is 16.7 Å². The third-order valence-corrected chi connectivity index (χ3v) is 3.18. The van der Waals surface area contributed by atoms with Crippen molar-refractivity contribution in [2.24, 2.45) is 0 Å². The molecular formula is C17H18O. The largest absolute Gasteiger partial charge is 0.496 e. The quantitative estimate of drug-likeness (QED) is 0.752. The minimum Gasteiger partial charge on any atom is -0.496 e. The molecule has 0 saturated heterocycles. The van der Waals surface area contributed by atoms with E-state index in [-0.39, 0.29) is 0 Å². The molecule has 2 aromatic carbocycles. The fraction of sp³-hybridized carbons (Fsp3) is 0.176. The molecule has 0 atom stereocenters. The fourth-order valence-electron chi connectivity index (χ4n) is 2.22. The lowest BCUT2D eigenvalue weighted by atomic mass is 9.93. The summed E-state index contributed by atoms with van der Waals surface area (Å²) >= 11 is 0. The molecule has 0 spiro atoms. The van der Waals surface area contributed by atoms with Gasteiger partial charge in [-0.1, -0.05) is 48.6 Å². The van der Waals surface area contributed by atoms with Gasteiger partial charge in [0.25, 0.3) is 0 Å². The first kappa shape index (κ1) is 12.4. The number of hydrogen-bond acceptors (Lipinski definition) is 1. The number of ether oxygens (including phenoxy) is 1. The van der Waals surface area contributed by atoms with Gasteiger partial charge in [-0.25, -0.2) is 0 Å². The molecule has 92 valence electrons. The average Bonchev–Trinajstić information content (AvgIpc) is 2.39. The molecule has 0 aliphatic heterocycles. The van der Waals surface area contributed by atoms with Gasteiger partial charge in [-0.05, 0) is 42.2 Å². The van der Waals surface area contributed by atoms with Gasteiger partial charge in [-0.3, -0.25) is 0 Å². The van der Waals surface area contributed by atoms with Crippen molar-refractivity contribution in [3.63, 3.8) is 0 Å². The highest BCUT2D eigenvalue weighted by Gasteiger charge is 2.10. The molecule has 0 bridgehead atoms. The van der Waals surface area contributed by atoms with E-state index in [0.29, 0.717) is 0 Å². The Labute approximate surface area is 109 Å². The van der Waals surface area contributed by atoms with Crippen molar-refractivity contribution in [3.8, 4) is 16.9 Å². The van der Waals surface area contributed by atoms with Crippen molar-refractivity contribution in [1.82, 2.24) is 0 Å². The molecule has 0 fully saturated rings. The molecule has 0 radical (unpaired) electrons. The van der Waals surface area contributed by atoms with Crippen LogP contribution in [0.3, 0.4) is 0 Å². The minimum absolute atomic E-state index is 0.920. The van der Waals surface area contributed by atoms with Crippen LogP contribution in [0.4, 0.5) is 0 Å². The smallest absolute Gasteiger partial charge is 0.122 e. The van der Waals surface area contributed by atoms with Gasteiger partial charge in [0.15, 0.2) is 0 Å². The predicted octanol–water partition coefficient (Wildman–Crippen LogP) is 4.70. The Kier molecular flexibility index (Phi) is 3.52. The van der Waals surface area contributed by atoms with E-state index in [1.165, 1.54) is 16.7 Å². The summed E-state index contributed by atoms with van der Waals surface area (Å²) in [6.07, 6.45) is 0. The molecule has 0 saturated carbocycles. The van der Waals surface area contributed by atoms with Gasteiger partial charge >= 0.3 is 0 Å². The highest BCUT2D eigenvalue weighted by atomic mass is 16.5. The van der Waals surface area contributed by atoms with Gasteiger partial charge in [0.05, 0.1) is 7.11 Å². The normalized spacial score (nSPS) is 10.2. The van der Waals surface area contributed by atoms with E-state index < -0.39 is 0 Å². The Bertz CT molecular complexity index is 582. The molecule has 0 aromatic heterocycles. The van der Waals surface area contributed by atoms with E-state index in [2.05, 4.69) is 37.8 Å². The van der Waals surface area contributed by atoms with Crippen LogP contribution >= 0.6 is 0 Å². The Hall–Kier alpha value is -2.02. The molecule has 18 heavy (non-hydrogen) atoms. The second-order valence-corrected chi connectivity index (χ2v) is 4.46. The van der Waals surface area contributed by atoms with Gasteiger partial charge < -0.3 is 4.74 Å². The van der Waals surface area contributed by atoms with Crippen molar-refractivity contribution >= 4 is 5.57 Å². The zero-order chi connectivity index (χ0) is 13.1. The molecule has 1 heteroatoms. The highest BCUT2D eigenvalue weighted by molar-refractivity contribution is 5.82. The molecule has 1 nitrogen and oxygen atoms in total. The molecule has 0 aliphatic rings. The Balaban J connectivity index is 2.66. The van der Waals surface area contributed by atoms with Crippen LogP contribution in [0.1, 0.15) is 18.1 Å². The maximum atomic E-state index is 5.39. The first-order chi connectivity index (χ1) is 8.65. The van der Waals surface area contributed by atoms with Crippen LogP contribution in [-0.4, -0.2) is 7.11 Å². The summed E-state index contributed by atoms with van der Waals surface area (Å²) in [5.41, 5.74) is 5.84. The standard InChI is InChI=1S/C17H18O/c1-12(2)14-8-5-6-9-16(14)15-10-7-11-17(18-4)13(15)3/h5-11H,1H2,2-4H3. The average molecular weight is 238 g/mol. The lowest BCUT2D eigenvalue weighted by Gasteiger charge is -2.14. The summed E-state index contributed by atoms with van der Waals surface area (Å²) in [5, 5.41) is 0. The highest BCUT2D eigenvalue weighted by Crippen LogP contribution is 2.33. The molecule has 0 aliphatic carbocycles. The van der Waals surface area contributed by atoms with E-state index in [9.17, 15) is 0 Å². The van der Waals surface area contributed by atoms with E-state index >= 15 is 0 Å². The maximum Gasteiger partial charge on any atom is 0.122 e. The van der Waals surface area contributed by atoms with Crippen molar-refractivity contribution in [3.05, 3.63) is 60.2 Å². The lowest BCUT2D eigenvalue weighted by Crippen LogP contribution is -1.92. The summed E-state index contributed by atoms with van der Waals surface area (Å²) in [7, 11) is 1.71. The van der Waals surface area contributed by atoms with Gasteiger partial charge in [-0.15, -0.1) is 0 Å². The van der Waals surface area contributed by atoms with Crippen molar-refractivity contribution < 1.29 is 4.74 Å². The van der Waals surface area contributed by atoms with Crippen molar-refractivity contribution in [2.75, 3.05) is 7.11 Å². The minimum atomic E-state index is 0.920. The van der Waals surface area contributed by atoms with Crippen LogP contribution in [-0.2, 0) is 0 Å². The van der Waals surface area contributed by atoms with Gasteiger partial charge in [0, 0.05) is 0 Å². The molecule has 0 heterocycles. The van der Waals surface area contributed by atoms with Crippen LogP contribution in [0.5, 0.6) is 5.75 Å². The first-order valence-corrected chi connectivity index (χ1v) is 6.04. The predicted molar refractivity (Wildman–Crippen MR) is 77.9 cm³/mol. The third-order valence-electron chi connectivity index (χ3n) is 3.18. The first-order valence-electron chi connectivity index (χ1n) is 6.04. The van der Waals surface area contributed by atoms with Crippen molar-refractivity contribution in [1.29, 1.82) is 0 Å². The van der Waals surface area contributed by atoms with Crippen molar-refractivity contribution in [2.45, 2.75) is 13.8 Å². The summed E-state index contributed by atoms with van der Waals surface area (Å²) in [6, 6.07) is 14.5. The molecule has 2 rings (SSSR count). The molecule has 2 aromatic rings. The Morgan fingerprint density at radius 2 is 1.67 bits per heavy atom. The summed E-state index contributed by atoms with van der Waals surface area (Å²) < 4.78 is 5.39. The number of methoxy groups -OCH3 is 1. The number of rotatable bonds is 3. The summed E-state index contributed by atoms with van der Waals surface area (Å²) in [6.45, 7) is 8.18. The summed E-state index contributed by atoms with van der Waals surface area (Å²) in [5.74, 6) is 0.920. The molecule has 0 amide bonds. The summed E-state index contributed by atoms with van der Waals surface area (Å²) in [4.78, 5) is 0. The van der Waals surface area contributed by atoms with Gasteiger partial charge in [0.1, 0.15) is 5.75 Å². The zero-order valence-electron chi connectivity index (χ0n) is 11.2. The SMILES string of the molecule is C=C(C)c1ccccc1-c1cccc(OC)c1C. The third kappa shape index (κ3) is 2.17. The van der Waals surface area contributed by atoms with Crippen LogP contribution < -0.4 is 4.74 Å². The molecule has 0 N–H and O–H groups in total. The van der Waals surface area contributed by atoms with Crippen LogP contribution in [0.15, 0.2) is 49.0 Å². The lowest BCUT2D eigenvalue weighted by molar-refractivity contribution is 0.412. The monoisotopic (exact) mass is 238 g/mol.